The highest BCUT2D eigenvalue weighted by atomic mass is 35.5. The van der Waals surface area contributed by atoms with Crippen LogP contribution < -0.4 is 12.4 Å². The second-order valence-electron chi connectivity index (χ2n) is 9.52. The number of carbonyl (C=O) groups is 2. The van der Waals surface area contributed by atoms with E-state index in [9.17, 15) is 9.59 Å². The highest BCUT2D eigenvalue weighted by molar-refractivity contribution is 5.71. The van der Waals surface area contributed by atoms with E-state index in [4.69, 9.17) is 9.84 Å². The third-order valence-electron chi connectivity index (χ3n) is 5.09. The van der Waals surface area contributed by atoms with Crippen LogP contribution in [0.5, 0.6) is 0 Å². The van der Waals surface area contributed by atoms with Crippen molar-refractivity contribution in [2.24, 2.45) is 0 Å². The smallest absolute Gasteiger partial charge is 0.307 e. The SMILES string of the molecule is CCCCCCCC/C=C/CCCCCCC[13C](=O)O[C@H](CC(=O)O)C[N+](C)(C)C.[Cl-]. The second kappa shape index (κ2) is 20.8. The predicted octanol–water partition coefficient (Wildman–Crippen LogP) is 3.12. The average Bonchev–Trinajstić information content (AvgIpc) is 2.63. The zero-order valence-electron chi connectivity index (χ0n) is 20.5. The Morgan fingerprint density at radius 2 is 1.32 bits per heavy atom. The summed E-state index contributed by atoms with van der Waals surface area (Å²) in [6.07, 6.45) is 20.2. The first-order valence-electron chi connectivity index (χ1n) is 12.1. The lowest BCUT2D eigenvalue weighted by atomic mass is 10.1. The lowest BCUT2D eigenvalue weighted by molar-refractivity contribution is -0.873. The van der Waals surface area contributed by atoms with E-state index in [0.717, 1.165) is 25.7 Å². The summed E-state index contributed by atoms with van der Waals surface area (Å²) in [5.41, 5.74) is 0. The number of allylic oxidation sites excluding steroid dienone is 2. The van der Waals surface area contributed by atoms with E-state index in [1.807, 2.05) is 21.1 Å². The molecule has 0 heterocycles. The summed E-state index contributed by atoms with van der Waals surface area (Å²) in [5.74, 6) is -1.20. The Morgan fingerprint density at radius 1 is 0.839 bits per heavy atom. The maximum Gasteiger partial charge on any atom is 0.307 e. The largest absolute Gasteiger partial charge is 1.00 e. The van der Waals surface area contributed by atoms with Crippen LogP contribution in [0.4, 0.5) is 0 Å². The van der Waals surface area contributed by atoms with Gasteiger partial charge >= 0.3 is 11.9 Å². The number of hydrogen-bond donors (Lipinski definition) is 1. The van der Waals surface area contributed by atoms with E-state index >= 15 is 0 Å². The number of halogens is 1. The van der Waals surface area contributed by atoms with Crippen LogP contribution in [0.15, 0.2) is 12.2 Å². The van der Waals surface area contributed by atoms with Crippen LogP contribution in [0.2, 0.25) is 0 Å². The van der Waals surface area contributed by atoms with Gasteiger partial charge in [0.2, 0.25) is 0 Å². The van der Waals surface area contributed by atoms with E-state index in [0.29, 0.717) is 17.4 Å². The number of unbranched alkanes of at least 4 members (excludes halogenated alkanes) is 11. The number of aliphatic carboxylic acids is 1. The first-order valence-corrected chi connectivity index (χ1v) is 12.1. The van der Waals surface area contributed by atoms with Gasteiger partial charge < -0.3 is 26.7 Å². The van der Waals surface area contributed by atoms with Gasteiger partial charge in [-0.1, -0.05) is 70.4 Å². The zero-order valence-corrected chi connectivity index (χ0v) is 21.3. The van der Waals surface area contributed by atoms with Crippen LogP contribution >= 0.6 is 0 Å². The van der Waals surface area contributed by atoms with Crippen molar-refractivity contribution in [2.45, 2.75) is 109 Å². The average molecular weight is 463 g/mol. The van der Waals surface area contributed by atoms with Gasteiger partial charge in [0.25, 0.3) is 0 Å². The van der Waals surface area contributed by atoms with Gasteiger partial charge in [0.15, 0.2) is 6.10 Å². The quantitative estimate of drug-likeness (QED) is 0.0992. The Labute approximate surface area is 197 Å². The molecule has 0 bridgehead atoms. The molecule has 184 valence electrons. The van der Waals surface area contributed by atoms with Gasteiger partial charge in [0.05, 0.1) is 27.6 Å². The van der Waals surface area contributed by atoms with Crippen LogP contribution in [-0.4, -0.2) is 55.3 Å². The van der Waals surface area contributed by atoms with Gasteiger partial charge in [-0.2, -0.15) is 0 Å². The standard InChI is InChI=1S/C25H47NO4.ClH/c1-5-6-7-8-9-10-11-12-13-14-15-16-17-18-19-20-25(29)30-23(21-24(27)28)22-26(2,3)4;/h12-13,23H,5-11,14-22H2,1-4H3;1H/b13-12+;/t23-;/m1./s1/i25+1;. The van der Waals surface area contributed by atoms with Crippen molar-refractivity contribution in [3.8, 4) is 0 Å². The third-order valence-corrected chi connectivity index (χ3v) is 5.09. The molecule has 0 fully saturated rings. The van der Waals surface area contributed by atoms with Crippen molar-refractivity contribution < 1.29 is 36.3 Å². The van der Waals surface area contributed by atoms with Gasteiger partial charge in [-0.15, -0.1) is 0 Å². The molecule has 0 aromatic heterocycles. The summed E-state index contributed by atoms with van der Waals surface area (Å²) in [6, 6.07) is 0. The summed E-state index contributed by atoms with van der Waals surface area (Å²) in [4.78, 5) is 23.0. The Balaban J connectivity index is 0. The number of likely N-dealkylation sites (N-methyl/N-ethyl adjacent to an activating group) is 1. The number of rotatable bonds is 20. The molecule has 0 amide bonds. The predicted molar refractivity (Wildman–Crippen MR) is 124 cm³/mol. The van der Waals surface area contributed by atoms with Gasteiger partial charge in [-0.25, -0.2) is 0 Å². The number of hydrogen-bond acceptors (Lipinski definition) is 3. The number of ether oxygens (including phenoxy) is 1. The van der Waals surface area contributed by atoms with E-state index in [-0.39, 0.29) is 24.8 Å². The Hall–Kier alpha value is -1.07. The molecule has 0 aromatic rings. The molecule has 1 atom stereocenters. The minimum absolute atomic E-state index is 0. The topological polar surface area (TPSA) is 63.6 Å². The van der Waals surface area contributed by atoms with Crippen molar-refractivity contribution in [1.82, 2.24) is 0 Å². The maximum absolute atomic E-state index is 12.0. The molecular formula is C25H48ClNO4. The van der Waals surface area contributed by atoms with Crippen LogP contribution in [0, 0.1) is 0 Å². The minimum Gasteiger partial charge on any atom is -1.00 e. The summed E-state index contributed by atoms with van der Waals surface area (Å²) >= 11 is 0. The van der Waals surface area contributed by atoms with E-state index in [1.165, 1.54) is 57.8 Å². The molecule has 0 aromatic carbocycles. The molecule has 0 unspecified atom stereocenters. The summed E-state index contributed by atoms with van der Waals surface area (Å²) in [6.45, 7) is 2.76. The minimum atomic E-state index is -0.928. The highest BCUT2D eigenvalue weighted by Crippen LogP contribution is 2.12. The first kappa shape index (κ1) is 32.1. The number of carbonyl (C=O) groups excluding carboxylic acids is 1. The van der Waals surface area contributed by atoms with Crippen LogP contribution in [0.1, 0.15) is 103 Å². The molecule has 31 heavy (non-hydrogen) atoms. The maximum atomic E-state index is 12.0. The van der Waals surface area contributed by atoms with Crippen LogP contribution in [0.25, 0.3) is 0 Å². The second-order valence-corrected chi connectivity index (χ2v) is 9.52. The molecule has 1 N–H and O–H groups in total. The molecular weight excluding hydrogens is 415 g/mol. The molecule has 0 radical (unpaired) electrons. The lowest BCUT2D eigenvalue weighted by Crippen LogP contribution is -3.00. The Morgan fingerprint density at radius 3 is 1.81 bits per heavy atom. The summed E-state index contributed by atoms with van der Waals surface area (Å²) in [5, 5.41) is 9.01. The van der Waals surface area contributed by atoms with Crippen molar-refractivity contribution in [2.75, 3.05) is 27.7 Å². The van der Waals surface area contributed by atoms with Crippen LogP contribution in [0.3, 0.4) is 0 Å². The monoisotopic (exact) mass is 462 g/mol. The molecule has 0 aliphatic rings. The number of carboxylic acid groups (broad SMARTS) is 1. The number of nitrogens with zero attached hydrogens (tertiary/aromatic N) is 1. The highest BCUT2D eigenvalue weighted by Gasteiger charge is 2.24. The molecule has 0 saturated carbocycles. The van der Waals surface area contributed by atoms with Gasteiger partial charge in [0.1, 0.15) is 6.54 Å². The fourth-order valence-corrected chi connectivity index (χ4v) is 3.53. The fourth-order valence-electron chi connectivity index (χ4n) is 3.53. The molecule has 6 heteroatoms. The summed E-state index contributed by atoms with van der Waals surface area (Å²) < 4.78 is 5.98. The van der Waals surface area contributed by atoms with Gasteiger partial charge in [-0.3, -0.25) is 9.59 Å². The van der Waals surface area contributed by atoms with Gasteiger partial charge in [0, 0.05) is 6.42 Å². The van der Waals surface area contributed by atoms with Crippen molar-refractivity contribution in [3.63, 3.8) is 0 Å². The summed E-state index contributed by atoms with van der Waals surface area (Å²) in [7, 11) is 5.89. The molecule has 0 aliphatic carbocycles. The molecule has 0 saturated heterocycles. The first-order chi connectivity index (χ1) is 14.2. The number of quaternary nitrogens is 1. The fraction of sp³-hybridized carbons (Fsp3) is 0.840. The molecule has 0 spiro atoms. The van der Waals surface area contributed by atoms with Crippen molar-refractivity contribution in [1.29, 1.82) is 0 Å². The Bertz CT molecular complexity index is 475. The van der Waals surface area contributed by atoms with E-state index in [1.54, 1.807) is 0 Å². The third kappa shape index (κ3) is 25.1. The number of esters is 1. The number of carboxylic acids is 1. The zero-order chi connectivity index (χ0) is 22.7. The molecule has 0 rings (SSSR count). The molecule has 5 nitrogen and oxygen atoms in total. The van der Waals surface area contributed by atoms with Gasteiger partial charge in [-0.05, 0) is 32.1 Å². The lowest BCUT2D eigenvalue weighted by Gasteiger charge is -2.28. The Kier molecular flexibility index (Phi) is 21.6. The van der Waals surface area contributed by atoms with E-state index < -0.39 is 12.1 Å². The van der Waals surface area contributed by atoms with Crippen molar-refractivity contribution in [3.05, 3.63) is 12.2 Å². The van der Waals surface area contributed by atoms with Crippen molar-refractivity contribution >= 4 is 11.9 Å². The normalized spacial score (nSPS) is 12.5. The molecule has 0 aliphatic heterocycles. The van der Waals surface area contributed by atoms with E-state index in [2.05, 4.69) is 19.1 Å². The van der Waals surface area contributed by atoms with Crippen LogP contribution in [-0.2, 0) is 14.3 Å².